The van der Waals surface area contributed by atoms with E-state index in [1.54, 1.807) is 9.80 Å². The van der Waals surface area contributed by atoms with Gasteiger partial charge in [-0.25, -0.2) is 4.79 Å². The summed E-state index contributed by atoms with van der Waals surface area (Å²) in [5.41, 5.74) is 2.10. The number of benzene rings is 1. The number of halogens is 1. The molecule has 0 spiro atoms. The van der Waals surface area contributed by atoms with Gasteiger partial charge in [-0.3, -0.25) is 9.59 Å². The fraction of sp³-hybridized carbons (Fsp3) is 0.444. The van der Waals surface area contributed by atoms with Crippen molar-refractivity contribution in [3.8, 4) is 0 Å². The number of piperazine rings is 1. The quantitative estimate of drug-likeness (QED) is 0.653. The molecule has 1 N–H and O–H groups in total. The van der Waals surface area contributed by atoms with Crippen LogP contribution >= 0.6 is 15.9 Å². The minimum atomic E-state index is -0.375. The van der Waals surface area contributed by atoms with E-state index >= 15 is 0 Å². The average molecular weight is 456 g/mol. The largest absolute Gasteiger partial charge is 0.445 e. The lowest BCUT2D eigenvalue weighted by Crippen LogP contribution is -2.52. The minimum absolute atomic E-state index is 0.0255. The fourth-order valence-corrected chi connectivity index (χ4v) is 2.59. The molecule has 0 atom stereocenters. The van der Waals surface area contributed by atoms with Crippen LogP contribution in [0.15, 0.2) is 24.3 Å². The normalized spacial score (nSPS) is 12.9. The number of ether oxygens (including phenoxy) is 1. The Kier molecular flexibility index (Phi) is 10.5. The van der Waals surface area contributed by atoms with Gasteiger partial charge in [0.1, 0.15) is 6.61 Å². The molecule has 1 aliphatic heterocycles. The molecule has 9 nitrogen and oxygen atoms in total. The first kappa shape index (κ1) is 23.3. The number of hydrogen-bond donors (Lipinski definition) is 1. The molecular formula is C18H22BrN3O6. The number of rotatable bonds is 5. The number of amides is 3. The number of carbonyl (C=O) groups excluding carboxylic acids is 5. The van der Waals surface area contributed by atoms with Crippen LogP contribution in [0.2, 0.25) is 0 Å². The van der Waals surface area contributed by atoms with Crippen molar-refractivity contribution in [1.82, 2.24) is 15.1 Å². The van der Waals surface area contributed by atoms with Gasteiger partial charge in [0, 0.05) is 26.2 Å². The molecule has 0 saturated carbocycles. The van der Waals surface area contributed by atoms with Gasteiger partial charge in [-0.15, -0.1) is 0 Å². The van der Waals surface area contributed by atoms with E-state index in [2.05, 4.69) is 21.2 Å². The predicted molar refractivity (Wildman–Crippen MR) is 101 cm³/mol. The first-order valence-corrected chi connectivity index (χ1v) is 9.60. The SMILES string of the molecule is Cc1ccc(COC(=O)N2CCN(C(=O)CNC(=O)CBr)CC2)cc1.O=C=O. The molecule has 1 aliphatic rings. The molecule has 0 aromatic heterocycles. The van der Waals surface area contributed by atoms with Crippen LogP contribution in [-0.2, 0) is 30.5 Å². The van der Waals surface area contributed by atoms with Crippen molar-refractivity contribution in [2.24, 2.45) is 0 Å². The Morgan fingerprint density at radius 1 is 1.07 bits per heavy atom. The molecule has 28 heavy (non-hydrogen) atoms. The molecular weight excluding hydrogens is 434 g/mol. The van der Waals surface area contributed by atoms with Crippen LogP contribution in [0.1, 0.15) is 11.1 Å². The van der Waals surface area contributed by atoms with Crippen LogP contribution in [0, 0.1) is 6.92 Å². The van der Waals surface area contributed by atoms with Gasteiger partial charge in [0.05, 0.1) is 11.9 Å². The maximum absolute atomic E-state index is 12.1. The molecule has 152 valence electrons. The van der Waals surface area contributed by atoms with Crippen molar-refractivity contribution in [1.29, 1.82) is 0 Å². The van der Waals surface area contributed by atoms with Crippen molar-refractivity contribution >= 4 is 40.0 Å². The molecule has 1 aromatic carbocycles. The van der Waals surface area contributed by atoms with Gasteiger partial charge in [-0.2, -0.15) is 9.59 Å². The van der Waals surface area contributed by atoms with E-state index in [9.17, 15) is 14.4 Å². The molecule has 1 heterocycles. The monoisotopic (exact) mass is 455 g/mol. The van der Waals surface area contributed by atoms with Crippen molar-refractivity contribution in [3.63, 3.8) is 0 Å². The average Bonchev–Trinajstić information content (AvgIpc) is 2.71. The van der Waals surface area contributed by atoms with Crippen LogP contribution in [0.5, 0.6) is 0 Å². The van der Waals surface area contributed by atoms with Crippen LogP contribution < -0.4 is 5.32 Å². The third-order valence-electron chi connectivity index (χ3n) is 3.93. The Hall–Kier alpha value is -2.71. The molecule has 10 heteroatoms. The summed E-state index contributed by atoms with van der Waals surface area (Å²) in [7, 11) is 0. The Morgan fingerprint density at radius 3 is 2.14 bits per heavy atom. The van der Waals surface area contributed by atoms with E-state index < -0.39 is 0 Å². The number of nitrogens with one attached hydrogen (secondary N) is 1. The van der Waals surface area contributed by atoms with Crippen LogP contribution in [0.25, 0.3) is 0 Å². The van der Waals surface area contributed by atoms with E-state index in [1.807, 2.05) is 31.2 Å². The minimum Gasteiger partial charge on any atom is -0.445 e. The molecule has 3 amide bonds. The maximum Gasteiger partial charge on any atom is 0.410 e. The van der Waals surface area contributed by atoms with Gasteiger partial charge in [0.15, 0.2) is 0 Å². The zero-order chi connectivity index (χ0) is 20.9. The van der Waals surface area contributed by atoms with Gasteiger partial charge >= 0.3 is 12.2 Å². The molecule has 1 fully saturated rings. The summed E-state index contributed by atoms with van der Waals surface area (Å²) in [5, 5.41) is 2.69. The summed E-state index contributed by atoms with van der Waals surface area (Å²) in [4.78, 5) is 54.7. The second-order valence-electron chi connectivity index (χ2n) is 5.90. The molecule has 1 aromatic rings. The first-order valence-electron chi connectivity index (χ1n) is 8.48. The molecule has 0 unspecified atom stereocenters. The van der Waals surface area contributed by atoms with Gasteiger partial charge in [0.2, 0.25) is 11.8 Å². The van der Waals surface area contributed by atoms with E-state index in [-0.39, 0.29) is 42.5 Å². The molecule has 1 saturated heterocycles. The predicted octanol–water partition coefficient (Wildman–Crippen LogP) is 0.703. The fourth-order valence-electron chi connectivity index (χ4n) is 2.39. The summed E-state index contributed by atoms with van der Waals surface area (Å²) in [6.07, 6.45) is -0.125. The summed E-state index contributed by atoms with van der Waals surface area (Å²) in [6.45, 7) is 3.92. The number of nitrogens with zero attached hydrogens (tertiary/aromatic N) is 2. The van der Waals surface area contributed by atoms with E-state index in [1.165, 1.54) is 0 Å². The molecule has 2 rings (SSSR count). The van der Waals surface area contributed by atoms with Crippen LogP contribution in [0.4, 0.5) is 4.79 Å². The Balaban J connectivity index is 0.00000122. The Labute approximate surface area is 171 Å². The number of carbonyl (C=O) groups is 3. The lowest BCUT2D eigenvalue weighted by Gasteiger charge is -2.34. The smallest absolute Gasteiger partial charge is 0.410 e. The van der Waals surface area contributed by atoms with E-state index in [4.69, 9.17) is 14.3 Å². The summed E-state index contributed by atoms with van der Waals surface area (Å²) in [6, 6.07) is 7.81. The third-order valence-corrected chi connectivity index (χ3v) is 4.44. The topological polar surface area (TPSA) is 113 Å². The highest BCUT2D eigenvalue weighted by Crippen LogP contribution is 2.08. The van der Waals surface area contributed by atoms with E-state index in [0.29, 0.717) is 26.2 Å². The van der Waals surface area contributed by atoms with Gasteiger partial charge < -0.3 is 19.9 Å². The summed E-state index contributed by atoms with van der Waals surface area (Å²) < 4.78 is 5.32. The van der Waals surface area contributed by atoms with Gasteiger partial charge in [0.25, 0.3) is 0 Å². The Morgan fingerprint density at radius 2 is 1.61 bits per heavy atom. The standard InChI is InChI=1S/C17H22BrN3O4.CO2/c1-13-2-4-14(5-3-13)12-25-17(24)21-8-6-20(7-9-21)16(23)11-19-15(22)10-18;2-1-3/h2-5H,6-12H2,1H3,(H,19,22);. The lowest BCUT2D eigenvalue weighted by atomic mass is 10.2. The van der Waals surface area contributed by atoms with Crippen molar-refractivity contribution < 1.29 is 28.7 Å². The maximum atomic E-state index is 12.1. The van der Waals surface area contributed by atoms with Crippen molar-refractivity contribution in [3.05, 3.63) is 35.4 Å². The molecule has 0 radical (unpaired) electrons. The summed E-state index contributed by atoms with van der Waals surface area (Å²) >= 11 is 3.02. The zero-order valence-corrected chi connectivity index (χ0v) is 17.1. The third kappa shape index (κ3) is 8.32. The second-order valence-corrected chi connectivity index (χ2v) is 6.46. The number of hydrogen-bond acceptors (Lipinski definition) is 6. The molecule has 0 aliphatic carbocycles. The summed E-state index contributed by atoms with van der Waals surface area (Å²) in [5.74, 6) is -0.381. The van der Waals surface area contributed by atoms with Crippen molar-refractivity contribution in [2.75, 3.05) is 38.1 Å². The number of aryl methyl sites for hydroxylation is 1. The Bertz CT molecular complexity index is 696. The highest BCUT2D eigenvalue weighted by Gasteiger charge is 2.25. The van der Waals surface area contributed by atoms with Gasteiger partial charge in [-0.05, 0) is 12.5 Å². The molecule has 0 bridgehead atoms. The first-order chi connectivity index (χ1) is 13.4. The lowest BCUT2D eigenvalue weighted by molar-refractivity contribution is -0.191. The highest BCUT2D eigenvalue weighted by atomic mass is 79.9. The van der Waals surface area contributed by atoms with E-state index in [0.717, 1.165) is 11.1 Å². The second kappa shape index (κ2) is 12.6. The zero-order valence-electron chi connectivity index (χ0n) is 15.5. The number of alkyl halides is 1. The highest BCUT2D eigenvalue weighted by molar-refractivity contribution is 9.09. The van der Waals surface area contributed by atoms with Crippen LogP contribution in [0.3, 0.4) is 0 Å². The van der Waals surface area contributed by atoms with Gasteiger partial charge in [-0.1, -0.05) is 45.8 Å². The van der Waals surface area contributed by atoms with Crippen molar-refractivity contribution in [2.45, 2.75) is 13.5 Å². The van der Waals surface area contributed by atoms with Crippen LogP contribution in [-0.4, -0.2) is 71.9 Å².